The summed E-state index contributed by atoms with van der Waals surface area (Å²) in [5.74, 6) is 0.892. The van der Waals surface area contributed by atoms with Gasteiger partial charge < -0.3 is 9.30 Å². The summed E-state index contributed by atoms with van der Waals surface area (Å²) in [5, 5.41) is -0.841. The van der Waals surface area contributed by atoms with E-state index >= 15 is 0 Å². The van der Waals surface area contributed by atoms with E-state index in [1.807, 2.05) is 0 Å². The van der Waals surface area contributed by atoms with Crippen LogP contribution in [0, 0.1) is 0 Å². The third kappa shape index (κ3) is 3.75. The summed E-state index contributed by atoms with van der Waals surface area (Å²) < 4.78 is 74.2. The molecule has 10 heteroatoms. The molecule has 1 N–H and O–H groups in total. The van der Waals surface area contributed by atoms with E-state index in [1.165, 1.54) is 12.1 Å². The van der Waals surface area contributed by atoms with Gasteiger partial charge >= 0.3 is 6.18 Å². The molecule has 1 aliphatic rings. The third-order valence-electron chi connectivity index (χ3n) is 4.74. The van der Waals surface area contributed by atoms with E-state index in [1.54, 1.807) is 32.3 Å². The minimum atomic E-state index is -4.47. The lowest BCUT2D eigenvalue weighted by molar-refractivity contribution is -0.137. The Bertz CT molecular complexity index is 1030. The van der Waals surface area contributed by atoms with Gasteiger partial charge in [-0.3, -0.25) is 0 Å². The minimum Gasteiger partial charge on any atom is -0.494 e. The number of allylic oxidation sites excluding steroid dienone is 1. The number of aromatic nitrogens is 2. The highest BCUT2D eigenvalue weighted by atomic mass is 32.2. The number of imidazole rings is 1. The second-order valence-electron chi connectivity index (χ2n) is 6.86. The van der Waals surface area contributed by atoms with Gasteiger partial charge in [0.1, 0.15) is 17.2 Å². The lowest BCUT2D eigenvalue weighted by atomic mass is 10.2. The zero-order valence-corrected chi connectivity index (χ0v) is 16.7. The van der Waals surface area contributed by atoms with Crippen LogP contribution in [-0.2, 0) is 27.5 Å². The predicted octanol–water partition coefficient (Wildman–Crippen LogP) is 3.75. The Balaban J connectivity index is 1.96. The van der Waals surface area contributed by atoms with Crippen LogP contribution >= 0.6 is 0 Å². The zero-order chi connectivity index (χ0) is 20.9. The van der Waals surface area contributed by atoms with Crippen LogP contribution in [0.25, 0.3) is 11.0 Å². The molecule has 2 heterocycles. The summed E-state index contributed by atoms with van der Waals surface area (Å²) in [7, 11) is -3.77. The number of ether oxygens (including phenoxy) is 1. The number of halogens is 3. The summed E-state index contributed by atoms with van der Waals surface area (Å²) in [4.78, 5) is 4.37. The first-order valence-corrected chi connectivity index (χ1v) is 10.4. The third-order valence-corrected chi connectivity index (χ3v) is 6.66. The Hall–Kier alpha value is -2.07. The van der Waals surface area contributed by atoms with Gasteiger partial charge in [0, 0.05) is 6.54 Å². The highest BCUT2D eigenvalue weighted by molar-refractivity contribution is 7.90. The molecule has 28 heavy (non-hydrogen) atoms. The van der Waals surface area contributed by atoms with Crippen molar-refractivity contribution in [3.05, 3.63) is 41.4 Å². The zero-order valence-electron chi connectivity index (χ0n) is 15.9. The lowest BCUT2D eigenvalue weighted by Crippen LogP contribution is -2.39. The van der Waals surface area contributed by atoms with Crippen molar-refractivity contribution in [3.8, 4) is 0 Å². The number of benzene rings is 1. The lowest BCUT2D eigenvalue weighted by Gasteiger charge is -2.20. The highest BCUT2D eigenvalue weighted by Crippen LogP contribution is 2.32. The molecule has 3 atom stereocenters. The molecule has 0 saturated carbocycles. The first-order valence-electron chi connectivity index (χ1n) is 8.87. The molecule has 0 amide bonds. The molecule has 154 valence electrons. The quantitative estimate of drug-likeness (QED) is 0.804. The summed E-state index contributed by atoms with van der Waals surface area (Å²) in [6.07, 6.45) is -3.45. The van der Waals surface area contributed by atoms with E-state index in [9.17, 15) is 21.6 Å². The molecule has 1 aliphatic heterocycles. The molecule has 0 bridgehead atoms. The van der Waals surface area contributed by atoms with Crippen LogP contribution < -0.4 is 4.72 Å². The maximum absolute atomic E-state index is 13.0. The fraction of sp³-hybridized carbons (Fsp3) is 0.500. The Kier molecular flexibility index (Phi) is 5.22. The highest BCUT2D eigenvalue weighted by Gasteiger charge is 2.37. The van der Waals surface area contributed by atoms with Gasteiger partial charge in [0.05, 0.1) is 28.4 Å². The van der Waals surface area contributed by atoms with Gasteiger partial charge in [-0.15, -0.1) is 0 Å². The summed E-state index contributed by atoms with van der Waals surface area (Å²) >= 11 is 0. The van der Waals surface area contributed by atoms with Gasteiger partial charge in [0.2, 0.25) is 10.0 Å². The molecular weight excluding hydrogens is 395 g/mol. The van der Waals surface area contributed by atoms with Crippen LogP contribution in [0.5, 0.6) is 0 Å². The number of rotatable bonds is 5. The normalized spacial score (nSPS) is 21.6. The fourth-order valence-electron chi connectivity index (χ4n) is 3.47. The van der Waals surface area contributed by atoms with E-state index in [0.717, 1.165) is 12.1 Å². The number of nitrogens with one attached hydrogen (secondary N) is 1. The topological polar surface area (TPSA) is 73.2 Å². The second-order valence-corrected chi connectivity index (χ2v) is 8.74. The van der Waals surface area contributed by atoms with Crippen LogP contribution in [0.1, 0.15) is 45.1 Å². The number of fused-ring (bicyclic) bond motifs is 1. The largest absolute Gasteiger partial charge is 0.494 e. The Morgan fingerprint density at radius 3 is 2.57 bits per heavy atom. The number of hydrogen-bond acceptors (Lipinski definition) is 4. The monoisotopic (exact) mass is 417 g/mol. The number of aryl methyl sites for hydroxylation is 1. The van der Waals surface area contributed by atoms with E-state index < -0.39 is 39.2 Å². The average Bonchev–Trinajstić information content (AvgIpc) is 3.12. The molecule has 0 spiro atoms. The van der Waals surface area contributed by atoms with Gasteiger partial charge in [0.25, 0.3) is 0 Å². The fourth-order valence-corrected chi connectivity index (χ4v) is 5.15. The molecule has 1 aromatic carbocycles. The first-order chi connectivity index (χ1) is 12.9. The van der Waals surface area contributed by atoms with Crippen molar-refractivity contribution >= 4 is 21.1 Å². The van der Waals surface area contributed by atoms with Gasteiger partial charge in [-0.25, -0.2) is 18.1 Å². The standard InChI is InChI=1S/C18H22F3N3O3S/c1-5-24-15-9-13(18(19,20)21)6-7-14(15)22-17(24)11(3)23-28(25,26)16-8-10(2)27-12(16)4/h6-9,11-12,16,23H,5H2,1-4H3/t11-,12?,16?/m1/s1. The van der Waals surface area contributed by atoms with Crippen LogP contribution in [-0.4, -0.2) is 29.3 Å². The summed E-state index contributed by atoms with van der Waals surface area (Å²) in [6.45, 7) is 7.09. The molecule has 0 saturated heterocycles. The molecule has 1 aromatic heterocycles. The predicted molar refractivity (Wildman–Crippen MR) is 99.0 cm³/mol. The number of alkyl halides is 3. The molecule has 2 unspecified atom stereocenters. The smallest absolute Gasteiger partial charge is 0.416 e. The average molecular weight is 417 g/mol. The van der Waals surface area contributed by atoms with Crippen molar-refractivity contribution in [2.45, 2.75) is 57.8 Å². The van der Waals surface area contributed by atoms with E-state index in [2.05, 4.69) is 9.71 Å². The van der Waals surface area contributed by atoms with Gasteiger partial charge in [-0.05, 0) is 52.0 Å². The maximum atomic E-state index is 13.0. The first kappa shape index (κ1) is 20.7. The van der Waals surface area contributed by atoms with Gasteiger partial charge in [-0.2, -0.15) is 13.2 Å². The molecule has 0 radical (unpaired) electrons. The molecule has 0 aliphatic carbocycles. The Morgan fingerprint density at radius 1 is 1.36 bits per heavy atom. The summed E-state index contributed by atoms with van der Waals surface area (Å²) in [6, 6.07) is 2.58. The molecule has 2 aromatic rings. The maximum Gasteiger partial charge on any atom is 0.416 e. The van der Waals surface area contributed by atoms with Crippen molar-refractivity contribution in [3.63, 3.8) is 0 Å². The SMILES string of the molecule is CCn1c([C@@H](C)NS(=O)(=O)C2C=C(C)OC2C)nc2ccc(C(F)(F)F)cc21. The number of nitrogens with zero attached hydrogens (tertiary/aromatic N) is 2. The van der Waals surface area contributed by atoms with Crippen molar-refractivity contribution in [1.82, 2.24) is 14.3 Å². The molecular formula is C18H22F3N3O3S. The van der Waals surface area contributed by atoms with Gasteiger partial charge in [0.15, 0.2) is 0 Å². The Labute approximate surface area is 161 Å². The van der Waals surface area contributed by atoms with Crippen LogP contribution in [0.15, 0.2) is 30.0 Å². The van der Waals surface area contributed by atoms with Gasteiger partial charge in [-0.1, -0.05) is 0 Å². The van der Waals surface area contributed by atoms with Crippen LogP contribution in [0.3, 0.4) is 0 Å². The van der Waals surface area contributed by atoms with E-state index in [-0.39, 0.29) is 0 Å². The molecule has 3 rings (SSSR count). The second kappa shape index (κ2) is 7.07. The van der Waals surface area contributed by atoms with Crippen LogP contribution in [0.4, 0.5) is 13.2 Å². The summed E-state index contributed by atoms with van der Waals surface area (Å²) in [5.41, 5.74) is -0.0807. The molecule has 0 fully saturated rings. The van der Waals surface area contributed by atoms with E-state index in [4.69, 9.17) is 4.74 Å². The minimum absolute atomic E-state index is 0.312. The van der Waals surface area contributed by atoms with Crippen molar-refractivity contribution in [2.24, 2.45) is 0 Å². The Morgan fingerprint density at radius 2 is 2.04 bits per heavy atom. The molecule has 6 nitrogen and oxygen atoms in total. The van der Waals surface area contributed by atoms with Crippen molar-refractivity contribution in [2.75, 3.05) is 0 Å². The number of sulfonamides is 1. The van der Waals surface area contributed by atoms with Crippen LogP contribution in [0.2, 0.25) is 0 Å². The number of hydrogen-bond donors (Lipinski definition) is 1. The van der Waals surface area contributed by atoms with Crippen molar-refractivity contribution < 1.29 is 26.3 Å². The van der Waals surface area contributed by atoms with Crippen molar-refractivity contribution in [1.29, 1.82) is 0 Å². The van der Waals surface area contributed by atoms with E-state index in [0.29, 0.717) is 29.2 Å².